The molecule has 2 aromatic carbocycles. The fourth-order valence-electron chi connectivity index (χ4n) is 4.49. The predicted octanol–water partition coefficient (Wildman–Crippen LogP) is 4.70. The van der Waals surface area contributed by atoms with Gasteiger partial charge in [0.05, 0.1) is 40.4 Å². The normalized spacial score (nSPS) is 14.7. The third-order valence-corrected chi connectivity index (χ3v) is 6.14. The Balaban J connectivity index is 1.38. The van der Waals surface area contributed by atoms with Crippen molar-refractivity contribution in [1.29, 1.82) is 0 Å². The molecule has 0 saturated carbocycles. The molecule has 5 aromatic rings. The van der Waals surface area contributed by atoms with Gasteiger partial charge in [-0.1, -0.05) is 12.1 Å². The van der Waals surface area contributed by atoms with Crippen molar-refractivity contribution in [2.24, 2.45) is 0 Å². The first kappa shape index (κ1) is 21.2. The van der Waals surface area contributed by atoms with E-state index in [0.717, 1.165) is 52.3 Å². The van der Waals surface area contributed by atoms with E-state index in [9.17, 15) is 4.39 Å². The summed E-state index contributed by atoms with van der Waals surface area (Å²) < 4.78 is 21.9. The van der Waals surface area contributed by atoms with Gasteiger partial charge < -0.3 is 14.6 Å². The van der Waals surface area contributed by atoms with Crippen molar-refractivity contribution in [3.63, 3.8) is 0 Å². The summed E-state index contributed by atoms with van der Waals surface area (Å²) in [5.74, 6) is 1.66. The molecule has 0 fully saturated rings. The number of nitrogens with one attached hydrogen (secondary N) is 1. The van der Waals surface area contributed by atoms with Crippen LogP contribution >= 0.6 is 0 Å². The minimum absolute atomic E-state index is 0.0305. The van der Waals surface area contributed by atoms with Crippen LogP contribution in [-0.2, 0) is 6.42 Å². The highest BCUT2D eigenvalue weighted by atomic mass is 19.1. The SMILES string of the molecule is CNc1nccc(-c2c(-c3ccc(F)cc3)nc3n2C(COc2cnc4ccccc4n2)CC3)n1. The lowest BCUT2D eigenvalue weighted by molar-refractivity contribution is 0.247. The molecule has 9 heteroatoms. The van der Waals surface area contributed by atoms with E-state index < -0.39 is 0 Å². The Morgan fingerprint density at radius 1 is 1.00 bits per heavy atom. The highest BCUT2D eigenvalue weighted by molar-refractivity contribution is 5.78. The third-order valence-electron chi connectivity index (χ3n) is 6.14. The summed E-state index contributed by atoms with van der Waals surface area (Å²) >= 11 is 0. The van der Waals surface area contributed by atoms with Crippen LogP contribution in [0.3, 0.4) is 0 Å². The molecule has 0 bridgehead atoms. The quantitative estimate of drug-likeness (QED) is 0.387. The zero-order chi connectivity index (χ0) is 23.8. The van der Waals surface area contributed by atoms with E-state index >= 15 is 0 Å². The van der Waals surface area contributed by atoms with Gasteiger partial charge in [0.2, 0.25) is 11.8 Å². The van der Waals surface area contributed by atoms with E-state index in [0.29, 0.717) is 18.4 Å². The number of hydrogen-bond donors (Lipinski definition) is 1. The molecule has 0 spiro atoms. The lowest BCUT2D eigenvalue weighted by Crippen LogP contribution is -2.16. The third kappa shape index (κ3) is 3.95. The van der Waals surface area contributed by atoms with Crippen molar-refractivity contribution >= 4 is 17.0 Å². The highest BCUT2D eigenvalue weighted by Crippen LogP contribution is 2.39. The Labute approximate surface area is 200 Å². The van der Waals surface area contributed by atoms with Crippen molar-refractivity contribution in [3.8, 4) is 28.5 Å². The number of para-hydroxylation sites is 2. The number of fused-ring (bicyclic) bond motifs is 2. The Morgan fingerprint density at radius 2 is 1.83 bits per heavy atom. The van der Waals surface area contributed by atoms with Gasteiger partial charge in [0.15, 0.2) is 0 Å². The predicted molar refractivity (Wildman–Crippen MR) is 131 cm³/mol. The van der Waals surface area contributed by atoms with E-state index in [1.54, 1.807) is 31.6 Å². The van der Waals surface area contributed by atoms with Gasteiger partial charge in [-0.2, -0.15) is 0 Å². The van der Waals surface area contributed by atoms with Gasteiger partial charge in [0, 0.05) is 25.2 Å². The number of ether oxygens (including phenoxy) is 1. The summed E-state index contributed by atoms with van der Waals surface area (Å²) in [5, 5.41) is 2.99. The van der Waals surface area contributed by atoms with Crippen LogP contribution in [0.25, 0.3) is 33.7 Å². The van der Waals surface area contributed by atoms with Crippen molar-refractivity contribution in [2.45, 2.75) is 18.9 Å². The molecule has 6 rings (SSSR count). The molecule has 0 amide bonds. The smallest absolute Gasteiger partial charge is 0.232 e. The number of imidazole rings is 1. The maximum absolute atomic E-state index is 13.6. The summed E-state index contributed by atoms with van der Waals surface area (Å²) in [6.07, 6.45) is 5.05. The lowest BCUT2D eigenvalue weighted by atomic mass is 10.1. The molecule has 0 saturated heterocycles. The van der Waals surface area contributed by atoms with Crippen LogP contribution in [0.1, 0.15) is 18.3 Å². The Morgan fingerprint density at radius 3 is 2.66 bits per heavy atom. The van der Waals surface area contributed by atoms with E-state index in [-0.39, 0.29) is 11.9 Å². The Hall–Kier alpha value is -4.40. The number of rotatable bonds is 6. The fourth-order valence-corrected chi connectivity index (χ4v) is 4.49. The number of aryl methyl sites for hydroxylation is 1. The van der Waals surface area contributed by atoms with E-state index in [1.807, 2.05) is 30.3 Å². The van der Waals surface area contributed by atoms with Gasteiger partial charge in [-0.3, -0.25) is 0 Å². The van der Waals surface area contributed by atoms with Crippen LogP contribution in [0.15, 0.2) is 67.0 Å². The van der Waals surface area contributed by atoms with Crippen molar-refractivity contribution in [3.05, 3.63) is 78.6 Å². The van der Waals surface area contributed by atoms with Crippen molar-refractivity contribution in [2.75, 3.05) is 19.0 Å². The summed E-state index contributed by atoms with van der Waals surface area (Å²) in [7, 11) is 1.78. The number of nitrogens with zero attached hydrogens (tertiary/aromatic N) is 6. The first-order chi connectivity index (χ1) is 17.2. The second-order valence-corrected chi connectivity index (χ2v) is 8.32. The lowest BCUT2D eigenvalue weighted by Gasteiger charge is -2.18. The summed E-state index contributed by atoms with van der Waals surface area (Å²) in [6.45, 7) is 0.413. The van der Waals surface area contributed by atoms with Crippen LogP contribution in [0.2, 0.25) is 0 Å². The fraction of sp³-hybridized carbons (Fsp3) is 0.192. The van der Waals surface area contributed by atoms with E-state index in [4.69, 9.17) is 9.72 Å². The van der Waals surface area contributed by atoms with Crippen LogP contribution in [0, 0.1) is 5.82 Å². The van der Waals surface area contributed by atoms with Gasteiger partial charge in [0.25, 0.3) is 0 Å². The zero-order valence-electron chi connectivity index (χ0n) is 19.0. The molecule has 4 heterocycles. The van der Waals surface area contributed by atoms with Crippen LogP contribution in [0.4, 0.5) is 10.3 Å². The average molecular weight is 468 g/mol. The van der Waals surface area contributed by atoms with Gasteiger partial charge >= 0.3 is 0 Å². The molecule has 1 aliphatic rings. The maximum atomic E-state index is 13.6. The molecule has 3 aromatic heterocycles. The van der Waals surface area contributed by atoms with Gasteiger partial charge in [-0.25, -0.2) is 29.3 Å². The number of halogens is 1. The minimum atomic E-state index is -0.288. The second kappa shape index (κ2) is 8.75. The van der Waals surface area contributed by atoms with Crippen LogP contribution < -0.4 is 10.1 Å². The number of hydrogen-bond acceptors (Lipinski definition) is 7. The number of benzene rings is 2. The first-order valence-corrected chi connectivity index (χ1v) is 11.4. The van der Waals surface area contributed by atoms with Crippen molar-refractivity contribution < 1.29 is 9.13 Å². The van der Waals surface area contributed by atoms with Crippen molar-refractivity contribution in [1.82, 2.24) is 29.5 Å². The molecule has 1 N–H and O–H groups in total. The highest BCUT2D eigenvalue weighted by Gasteiger charge is 2.31. The minimum Gasteiger partial charge on any atom is -0.474 e. The zero-order valence-corrected chi connectivity index (χ0v) is 19.0. The molecular weight excluding hydrogens is 445 g/mol. The molecule has 0 radical (unpaired) electrons. The maximum Gasteiger partial charge on any atom is 0.232 e. The number of anilines is 1. The summed E-state index contributed by atoms with van der Waals surface area (Å²) in [6, 6.07) is 16.0. The summed E-state index contributed by atoms with van der Waals surface area (Å²) in [5.41, 5.74) is 4.80. The Kier molecular flexibility index (Phi) is 5.29. The molecule has 35 heavy (non-hydrogen) atoms. The monoisotopic (exact) mass is 467 g/mol. The molecule has 1 atom stereocenters. The van der Waals surface area contributed by atoms with Gasteiger partial charge in [-0.05, 0) is 48.9 Å². The molecule has 1 unspecified atom stereocenters. The van der Waals surface area contributed by atoms with Crippen LogP contribution in [0.5, 0.6) is 5.88 Å². The molecule has 0 aliphatic carbocycles. The van der Waals surface area contributed by atoms with Crippen LogP contribution in [-0.4, -0.2) is 43.1 Å². The second-order valence-electron chi connectivity index (χ2n) is 8.32. The Bertz CT molecular complexity index is 1520. The molecule has 8 nitrogen and oxygen atoms in total. The number of aromatic nitrogens is 6. The largest absolute Gasteiger partial charge is 0.474 e. The standard InChI is InChI=1S/C26H22FN7O/c1-28-26-29-13-12-21(32-26)25-24(16-6-8-17(27)9-7-16)33-22-11-10-18(34(22)25)15-35-23-14-30-19-4-2-3-5-20(19)31-23/h2-9,12-14,18H,10-11,15H2,1H3,(H,28,29,32). The molecule has 174 valence electrons. The van der Waals surface area contributed by atoms with Gasteiger partial charge in [-0.15, -0.1) is 0 Å². The molecule has 1 aliphatic heterocycles. The topological polar surface area (TPSA) is 90.6 Å². The average Bonchev–Trinajstić information content (AvgIpc) is 3.47. The van der Waals surface area contributed by atoms with Gasteiger partial charge in [0.1, 0.15) is 18.2 Å². The first-order valence-electron chi connectivity index (χ1n) is 11.4. The summed E-state index contributed by atoms with van der Waals surface area (Å²) in [4.78, 5) is 22.9. The van der Waals surface area contributed by atoms with E-state index in [1.165, 1.54) is 12.1 Å². The molecular formula is C26H22FN7O. The van der Waals surface area contributed by atoms with E-state index in [2.05, 4.69) is 29.8 Å².